The highest BCUT2D eigenvalue weighted by atomic mass is 19.1. The maximum absolute atomic E-state index is 13.8. The van der Waals surface area contributed by atoms with Gasteiger partial charge < -0.3 is 5.11 Å². The largest absolute Gasteiger partial charge is 0.392 e. The van der Waals surface area contributed by atoms with Crippen molar-refractivity contribution in [2.24, 2.45) is 5.92 Å². The van der Waals surface area contributed by atoms with E-state index in [0.717, 1.165) is 11.1 Å². The predicted molar refractivity (Wildman–Crippen MR) is 65.2 cm³/mol. The Hall–Kier alpha value is -1.42. The molecule has 92 valence electrons. The second-order valence-corrected chi connectivity index (χ2v) is 4.79. The third-order valence-corrected chi connectivity index (χ3v) is 2.85. The number of hydrogen-bond acceptors (Lipinski definition) is 2. The van der Waals surface area contributed by atoms with Crippen molar-refractivity contribution >= 4 is 10.9 Å². The van der Waals surface area contributed by atoms with Crippen LogP contribution in [0.2, 0.25) is 0 Å². The van der Waals surface area contributed by atoms with Gasteiger partial charge in [0, 0.05) is 6.54 Å². The van der Waals surface area contributed by atoms with E-state index in [0.29, 0.717) is 23.4 Å². The molecular weight excluding hydrogens is 219 g/mol. The Balaban J connectivity index is 2.72. The summed E-state index contributed by atoms with van der Waals surface area (Å²) in [6.45, 7) is 6.58. The molecule has 0 aliphatic carbocycles. The Morgan fingerprint density at radius 3 is 2.71 bits per heavy atom. The lowest BCUT2D eigenvalue weighted by atomic mass is 10.1. The Labute approximate surface area is 99.9 Å². The summed E-state index contributed by atoms with van der Waals surface area (Å²) in [6, 6.07) is 3.65. The van der Waals surface area contributed by atoms with Crippen LogP contribution in [-0.2, 0) is 13.2 Å². The summed E-state index contributed by atoms with van der Waals surface area (Å²) < 4.78 is 15.5. The SMILES string of the molecule is Cc1ccc(CO)c2c(F)nn(CC(C)C)c12. The van der Waals surface area contributed by atoms with Gasteiger partial charge in [0.1, 0.15) is 0 Å². The van der Waals surface area contributed by atoms with E-state index in [4.69, 9.17) is 0 Å². The fourth-order valence-electron chi connectivity index (χ4n) is 2.12. The molecule has 0 unspecified atom stereocenters. The highest BCUT2D eigenvalue weighted by Gasteiger charge is 2.16. The highest BCUT2D eigenvalue weighted by molar-refractivity contribution is 5.85. The van der Waals surface area contributed by atoms with E-state index in [1.54, 1.807) is 10.7 Å². The smallest absolute Gasteiger partial charge is 0.240 e. The van der Waals surface area contributed by atoms with Crippen LogP contribution < -0.4 is 0 Å². The molecule has 2 aromatic rings. The fraction of sp³-hybridized carbons (Fsp3) is 0.462. The number of aryl methyl sites for hydroxylation is 1. The molecule has 0 aliphatic rings. The molecule has 0 amide bonds. The molecule has 0 spiro atoms. The van der Waals surface area contributed by atoms with Crippen molar-refractivity contribution in [3.63, 3.8) is 0 Å². The molecule has 1 aromatic carbocycles. The van der Waals surface area contributed by atoms with Crippen molar-refractivity contribution in [2.45, 2.75) is 33.9 Å². The molecular formula is C13H17FN2O. The molecule has 1 aromatic heterocycles. The molecule has 0 aliphatic heterocycles. The molecule has 1 N–H and O–H groups in total. The van der Waals surface area contributed by atoms with Gasteiger partial charge in [-0.05, 0) is 24.0 Å². The second kappa shape index (κ2) is 4.45. The van der Waals surface area contributed by atoms with Crippen LogP contribution in [0.15, 0.2) is 12.1 Å². The number of rotatable bonds is 3. The highest BCUT2D eigenvalue weighted by Crippen LogP contribution is 2.26. The van der Waals surface area contributed by atoms with Gasteiger partial charge in [0.25, 0.3) is 0 Å². The van der Waals surface area contributed by atoms with Crippen LogP contribution in [0.4, 0.5) is 4.39 Å². The number of hydrogen-bond donors (Lipinski definition) is 1. The summed E-state index contributed by atoms with van der Waals surface area (Å²) in [7, 11) is 0. The standard InChI is InChI=1S/C13H17FN2O/c1-8(2)6-16-12-9(3)4-5-10(7-17)11(12)13(14)15-16/h4-5,8,17H,6-7H2,1-3H3. The summed E-state index contributed by atoms with van der Waals surface area (Å²) >= 11 is 0. The van der Waals surface area contributed by atoms with Gasteiger partial charge in [0.15, 0.2) is 0 Å². The third kappa shape index (κ3) is 2.05. The molecule has 0 saturated heterocycles. The molecule has 0 atom stereocenters. The van der Waals surface area contributed by atoms with Crippen LogP contribution in [0.1, 0.15) is 25.0 Å². The first-order valence-electron chi connectivity index (χ1n) is 5.80. The van der Waals surface area contributed by atoms with Crippen LogP contribution in [-0.4, -0.2) is 14.9 Å². The van der Waals surface area contributed by atoms with E-state index in [1.807, 2.05) is 13.0 Å². The van der Waals surface area contributed by atoms with Gasteiger partial charge in [-0.2, -0.15) is 4.39 Å². The van der Waals surface area contributed by atoms with E-state index in [2.05, 4.69) is 18.9 Å². The van der Waals surface area contributed by atoms with Crippen LogP contribution in [0.5, 0.6) is 0 Å². The van der Waals surface area contributed by atoms with Crippen molar-refractivity contribution in [1.82, 2.24) is 9.78 Å². The zero-order valence-electron chi connectivity index (χ0n) is 10.4. The molecule has 0 saturated carbocycles. The first-order chi connectivity index (χ1) is 8.04. The number of fused-ring (bicyclic) bond motifs is 1. The lowest BCUT2D eigenvalue weighted by Crippen LogP contribution is -2.06. The van der Waals surface area contributed by atoms with Gasteiger partial charge >= 0.3 is 0 Å². The quantitative estimate of drug-likeness (QED) is 0.889. The zero-order valence-corrected chi connectivity index (χ0v) is 10.4. The van der Waals surface area contributed by atoms with E-state index >= 15 is 0 Å². The van der Waals surface area contributed by atoms with Gasteiger partial charge in [0.2, 0.25) is 5.95 Å². The van der Waals surface area contributed by atoms with Crippen LogP contribution in [0.3, 0.4) is 0 Å². The van der Waals surface area contributed by atoms with Gasteiger partial charge in [-0.15, -0.1) is 5.10 Å². The topological polar surface area (TPSA) is 38.1 Å². The zero-order chi connectivity index (χ0) is 12.6. The normalized spacial score (nSPS) is 11.6. The average molecular weight is 236 g/mol. The van der Waals surface area contributed by atoms with Gasteiger partial charge in [-0.3, -0.25) is 4.68 Å². The minimum atomic E-state index is -0.492. The monoisotopic (exact) mass is 236 g/mol. The Kier molecular flexibility index (Phi) is 3.15. The molecule has 3 nitrogen and oxygen atoms in total. The van der Waals surface area contributed by atoms with Gasteiger partial charge in [-0.1, -0.05) is 26.0 Å². The van der Waals surface area contributed by atoms with Crippen molar-refractivity contribution < 1.29 is 9.50 Å². The molecule has 0 bridgehead atoms. The lowest BCUT2D eigenvalue weighted by molar-refractivity contribution is 0.283. The van der Waals surface area contributed by atoms with Crippen LogP contribution in [0.25, 0.3) is 10.9 Å². The first-order valence-corrected chi connectivity index (χ1v) is 5.80. The summed E-state index contributed by atoms with van der Waals surface area (Å²) in [5, 5.41) is 13.6. The van der Waals surface area contributed by atoms with Crippen molar-refractivity contribution in [1.29, 1.82) is 0 Å². The van der Waals surface area contributed by atoms with Crippen LogP contribution >= 0.6 is 0 Å². The number of halogens is 1. The van der Waals surface area contributed by atoms with Gasteiger partial charge in [-0.25, -0.2) is 0 Å². The Bertz CT molecular complexity index is 546. The summed E-state index contributed by atoms with van der Waals surface area (Å²) in [6.07, 6.45) is 0. The van der Waals surface area contributed by atoms with Gasteiger partial charge in [0.05, 0.1) is 17.5 Å². The molecule has 2 rings (SSSR count). The molecule has 0 fully saturated rings. The minimum absolute atomic E-state index is 0.166. The number of nitrogens with zero attached hydrogens (tertiary/aromatic N) is 2. The van der Waals surface area contributed by atoms with Crippen molar-refractivity contribution in [3.8, 4) is 0 Å². The fourth-order valence-corrected chi connectivity index (χ4v) is 2.12. The number of benzene rings is 1. The number of aliphatic hydroxyl groups excluding tert-OH is 1. The number of aromatic nitrogens is 2. The van der Waals surface area contributed by atoms with Crippen molar-refractivity contribution in [3.05, 3.63) is 29.2 Å². The average Bonchev–Trinajstić information content (AvgIpc) is 2.57. The molecule has 4 heteroatoms. The second-order valence-electron chi connectivity index (χ2n) is 4.79. The molecule has 1 heterocycles. The maximum atomic E-state index is 13.8. The van der Waals surface area contributed by atoms with Crippen LogP contribution in [0, 0.1) is 18.8 Å². The van der Waals surface area contributed by atoms with E-state index in [-0.39, 0.29) is 6.61 Å². The third-order valence-electron chi connectivity index (χ3n) is 2.85. The first kappa shape index (κ1) is 12.0. The lowest BCUT2D eigenvalue weighted by Gasteiger charge is -2.08. The minimum Gasteiger partial charge on any atom is -0.392 e. The van der Waals surface area contributed by atoms with Crippen molar-refractivity contribution in [2.75, 3.05) is 0 Å². The Morgan fingerprint density at radius 1 is 1.41 bits per heavy atom. The predicted octanol–water partition coefficient (Wildman–Crippen LogP) is 2.63. The molecule has 0 radical (unpaired) electrons. The molecule has 17 heavy (non-hydrogen) atoms. The summed E-state index contributed by atoms with van der Waals surface area (Å²) in [4.78, 5) is 0. The summed E-state index contributed by atoms with van der Waals surface area (Å²) in [5.74, 6) is -0.0944. The van der Waals surface area contributed by atoms with E-state index < -0.39 is 5.95 Å². The maximum Gasteiger partial charge on any atom is 0.240 e. The Morgan fingerprint density at radius 2 is 2.12 bits per heavy atom. The number of aliphatic hydroxyl groups is 1. The summed E-state index contributed by atoms with van der Waals surface area (Å²) in [5.41, 5.74) is 2.37. The van der Waals surface area contributed by atoms with E-state index in [1.165, 1.54) is 0 Å². The van der Waals surface area contributed by atoms with E-state index in [9.17, 15) is 9.50 Å².